The zero-order valence-corrected chi connectivity index (χ0v) is 17.6. The largest absolute Gasteiger partial charge is 0.462 e. The fraction of sp³-hybridized carbons (Fsp3) is 0.688. The Morgan fingerprint density at radius 1 is 1.23 bits per heavy atom. The highest BCUT2D eigenvalue weighted by atomic mass is 32.2. The molecular weight excluding hydrogens is 378 g/mol. The fourth-order valence-corrected chi connectivity index (χ4v) is 3.47. The summed E-state index contributed by atoms with van der Waals surface area (Å²) in [4.78, 5) is 30.8. The lowest BCUT2D eigenvalue weighted by molar-refractivity contribution is -0.118. The average Bonchev–Trinajstić information content (AvgIpc) is 2.92. The van der Waals surface area contributed by atoms with Gasteiger partial charge in [-0.3, -0.25) is 9.69 Å². The number of likely N-dealkylation sites (N-methyl/N-ethyl adjacent to an activating group) is 1. The number of nitrogens with zero attached hydrogens (tertiary/aromatic N) is 3. The Bertz CT molecular complexity index is 730. The molecule has 0 bridgehead atoms. The summed E-state index contributed by atoms with van der Waals surface area (Å²) >= 11 is 1.09. The summed E-state index contributed by atoms with van der Waals surface area (Å²) in [6, 6.07) is 0. The molecule has 8 nitrogen and oxygen atoms in total. The van der Waals surface area contributed by atoms with Crippen LogP contribution in [0.3, 0.4) is 0 Å². The first-order chi connectivity index (χ1) is 12.1. The number of hydrogen-bond donors (Lipinski definition) is 0. The van der Waals surface area contributed by atoms with Gasteiger partial charge in [0.15, 0.2) is 5.13 Å². The highest BCUT2D eigenvalue weighted by molar-refractivity contribution is 7.88. The second-order valence-corrected chi connectivity index (χ2v) is 8.97. The van der Waals surface area contributed by atoms with E-state index in [2.05, 4.69) is 11.9 Å². The third-order valence-corrected chi connectivity index (χ3v) is 6.11. The van der Waals surface area contributed by atoms with Gasteiger partial charge >= 0.3 is 5.97 Å². The average molecular weight is 406 g/mol. The lowest BCUT2D eigenvalue weighted by Gasteiger charge is -2.22. The number of thiazole rings is 1. The van der Waals surface area contributed by atoms with Gasteiger partial charge in [-0.15, -0.1) is 0 Å². The molecule has 0 N–H and O–H groups in total. The number of unbranched alkanes of at least 4 members (excludes halogenated alkanes) is 2. The van der Waals surface area contributed by atoms with Crippen LogP contribution in [-0.4, -0.2) is 62.6 Å². The normalized spacial score (nSPS) is 11.6. The van der Waals surface area contributed by atoms with Gasteiger partial charge in [-0.1, -0.05) is 31.1 Å². The minimum atomic E-state index is -3.47. The second kappa shape index (κ2) is 9.98. The lowest BCUT2D eigenvalue weighted by atomic mass is 10.2. The van der Waals surface area contributed by atoms with Crippen molar-refractivity contribution in [3.63, 3.8) is 0 Å². The van der Waals surface area contributed by atoms with Crippen molar-refractivity contribution in [2.24, 2.45) is 0 Å². The quantitative estimate of drug-likeness (QED) is 0.436. The van der Waals surface area contributed by atoms with Gasteiger partial charge in [-0.25, -0.2) is 18.2 Å². The number of ether oxygens (including phenoxy) is 1. The summed E-state index contributed by atoms with van der Waals surface area (Å²) in [5.41, 5.74) is 0.494. The van der Waals surface area contributed by atoms with E-state index in [1.54, 1.807) is 13.8 Å². The second-order valence-electron chi connectivity index (χ2n) is 5.90. The molecule has 1 heterocycles. The van der Waals surface area contributed by atoms with Crippen LogP contribution >= 0.6 is 11.3 Å². The van der Waals surface area contributed by atoms with Crippen LogP contribution in [-0.2, 0) is 19.6 Å². The first kappa shape index (κ1) is 22.5. The van der Waals surface area contributed by atoms with Gasteiger partial charge < -0.3 is 4.74 Å². The number of hydrogen-bond acceptors (Lipinski definition) is 7. The number of aryl methyl sites for hydroxylation is 1. The Kier molecular flexibility index (Phi) is 8.65. The molecule has 0 fully saturated rings. The van der Waals surface area contributed by atoms with Crippen molar-refractivity contribution in [1.82, 2.24) is 9.29 Å². The number of carbonyl (C=O) groups excluding carboxylic acids is 2. The number of esters is 1. The summed E-state index contributed by atoms with van der Waals surface area (Å²) < 4.78 is 29.2. The highest BCUT2D eigenvalue weighted by Gasteiger charge is 2.26. The lowest BCUT2D eigenvalue weighted by Crippen LogP contribution is -2.41. The molecule has 1 rings (SSSR count). The fourth-order valence-electron chi connectivity index (χ4n) is 2.12. The molecule has 10 heteroatoms. The number of aromatic nitrogens is 1. The van der Waals surface area contributed by atoms with E-state index in [9.17, 15) is 18.0 Å². The minimum absolute atomic E-state index is 0.254. The molecule has 0 saturated carbocycles. The van der Waals surface area contributed by atoms with Crippen LogP contribution in [0.15, 0.2) is 0 Å². The molecule has 0 radical (unpaired) electrons. The molecule has 1 aromatic rings. The third-order valence-electron chi connectivity index (χ3n) is 3.69. The van der Waals surface area contributed by atoms with Crippen molar-refractivity contribution in [2.45, 2.75) is 40.0 Å². The van der Waals surface area contributed by atoms with Crippen LogP contribution in [0.25, 0.3) is 0 Å². The Hall–Kier alpha value is -1.52. The molecule has 148 valence electrons. The third kappa shape index (κ3) is 6.33. The number of amides is 1. The van der Waals surface area contributed by atoms with E-state index in [0.717, 1.165) is 41.2 Å². The van der Waals surface area contributed by atoms with Crippen molar-refractivity contribution >= 4 is 38.4 Å². The van der Waals surface area contributed by atoms with E-state index in [0.29, 0.717) is 22.2 Å². The van der Waals surface area contributed by atoms with E-state index < -0.39 is 16.0 Å². The maximum atomic E-state index is 12.7. The van der Waals surface area contributed by atoms with Crippen molar-refractivity contribution in [3.8, 4) is 0 Å². The van der Waals surface area contributed by atoms with Gasteiger partial charge in [0.25, 0.3) is 0 Å². The van der Waals surface area contributed by atoms with Crippen LogP contribution in [0.5, 0.6) is 0 Å². The summed E-state index contributed by atoms with van der Waals surface area (Å²) in [7, 11) is -2.11. The summed E-state index contributed by atoms with van der Waals surface area (Å²) in [5.74, 6) is -0.846. The number of carbonyl (C=O) groups is 2. The van der Waals surface area contributed by atoms with E-state index in [-0.39, 0.29) is 19.1 Å². The summed E-state index contributed by atoms with van der Waals surface area (Å²) in [5, 5.41) is 0.383. The maximum absolute atomic E-state index is 12.7. The predicted octanol–water partition coefficient (Wildman–Crippen LogP) is 2.04. The molecule has 1 aromatic heterocycles. The molecule has 0 atom stereocenters. The van der Waals surface area contributed by atoms with Gasteiger partial charge in [-0.05, 0) is 20.3 Å². The first-order valence-electron chi connectivity index (χ1n) is 8.48. The standard InChI is InChI=1S/C16H27N3O5S2/c1-6-8-9-10-19(13(20)11-18(4)26(5,22)23)16-17-12(3)14(25-16)15(21)24-7-2/h6-11H2,1-5H3. The van der Waals surface area contributed by atoms with Gasteiger partial charge in [-0.2, -0.15) is 4.31 Å². The van der Waals surface area contributed by atoms with Crippen LogP contribution in [0.2, 0.25) is 0 Å². The number of sulfonamides is 1. The van der Waals surface area contributed by atoms with Gasteiger partial charge in [0.1, 0.15) is 4.88 Å². The number of rotatable bonds is 10. The SMILES string of the molecule is CCCCCN(C(=O)CN(C)S(C)(=O)=O)c1nc(C)c(C(=O)OCC)s1. The number of anilines is 1. The molecule has 26 heavy (non-hydrogen) atoms. The molecule has 0 saturated heterocycles. The van der Waals surface area contributed by atoms with Gasteiger partial charge in [0, 0.05) is 13.6 Å². The van der Waals surface area contributed by atoms with Crippen molar-refractivity contribution in [3.05, 3.63) is 10.6 Å². The molecule has 0 unspecified atom stereocenters. The van der Waals surface area contributed by atoms with E-state index in [4.69, 9.17) is 4.74 Å². The van der Waals surface area contributed by atoms with E-state index in [1.807, 2.05) is 0 Å². The Balaban J connectivity index is 3.08. The highest BCUT2D eigenvalue weighted by Crippen LogP contribution is 2.27. The Labute approximate surface area is 159 Å². The van der Waals surface area contributed by atoms with Crippen molar-refractivity contribution in [1.29, 1.82) is 0 Å². The van der Waals surface area contributed by atoms with Gasteiger partial charge in [0.05, 0.1) is 25.1 Å². The van der Waals surface area contributed by atoms with Crippen LogP contribution in [0.4, 0.5) is 5.13 Å². The molecule has 0 aliphatic carbocycles. The van der Waals surface area contributed by atoms with Crippen LogP contribution in [0, 0.1) is 6.92 Å². The summed E-state index contributed by atoms with van der Waals surface area (Å²) in [6.45, 7) is 5.85. The minimum Gasteiger partial charge on any atom is -0.462 e. The first-order valence-corrected chi connectivity index (χ1v) is 11.1. The monoisotopic (exact) mass is 405 g/mol. The van der Waals surface area contributed by atoms with Crippen LogP contribution in [0.1, 0.15) is 48.5 Å². The maximum Gasteiger partial charge on any atom is 0.350 e. The molecule has 0 spiro atoms. The topological polar surface area (TPSA) is 96.9 Å². The molecular formula is C16H27N3O5S2. The summed E-state index contributed by atoms with van der Waals surface area (Å²) in [6.07, 6.45) is 3.73. The Morgan fingerprint density at radius 3 is 2.42 bits per heavy atom. The van der Waals surface area contributed by atoms with E-state index >= 15 is 0 Å². The van der Waals surface area contributed by atoms with Crippen molar-refractivity contribution < 1.29 is 22.7 Å². The predicted molar refractivity (Wildman–Crippen MR) is 102 cm³/mol. The Morgan fingerprint density at radius 2 is 1.88 bits per heavy atom. The molecule has 1 amide bonds. The van der Waals surface area contributed by atoms with Gasteiger partial charge in [0.2, 0.25) is 15.9 Å². The van der Waals surface area contributed by atoms with E-state index in [1.165, 1.54) is 11.9 Å². The van der Waals surface area contributed by atoms with Crippen LogP contribution < -0.4 is 4.90 Å². The van der Waals surface area contributed by atoms with Crippen molar-refractivity contribution in [2.75, 3.05) is 37.9 Å². The molecule has 0 aromatic carbocycles. The zero-order chi connectivity index (χ0) is 19.9. The molecule has 0 aliphatic rings. The molecule has 0 aliphatic heterocycles. The zero-order valence-electron chi connectivity index (χ0n) is 15.9. The smallest absolute Gasteiger partial charge is 0.350 e.